The Labute approximate surface area is 107 Å². The number of hydrogen-bond acceptors (Lipinski definition) is 6. The van der Waals surface area contributed by atoms with Gasteiger partial charge in [-0.15, -0.1) is 0 Å². The number of benzene rings is 1. The third kappa shape index (κ3) is 3.15. The van der Waals surface area contributed by atoms with Gasteiger partial charge in [0.25, 0.3) is 11.4 Å². The van der Waals surface area contributed by atoms with E-state index in [2.05, 4.69) is 5.32 Å². The average molecular weight is 269 g/mol. The van der Waals surface area contributed by atoms with Crippen molar-refractivity contribution in [3.63, 3.8) is 0 Å². The molecule has 0 saturated heterocycles. The zero-order chi connectivity index (χ0) is 14.6. The van der Waals surface area contributed by atoms with Gasteiger partial charge in [-0.25, -0.2) is 4.79 Å². The summed E-state index contributed by atoms with van der Waals surface area (Å²) in [6.07, 6.45) is 0.606. The first-order valence-corrected chi connectivity index (χ1v) is 5.32. The first-order valence-electron chi connectivity index (χ1n) is 5.32. The van der Waals surface area contributed by atoms with E-state index in [-0.39, 0.29) is 5.69 Å². The van der Waals surface area contributed by atoms with Crippen LogP contribution < -0.4 is 5.32 Å². The number of nitro groups is 2. The van der Waals surface area contributed by atoms with E-state index in [1.54, 1.807) is 6.92 Å². The third-order valence-electron chi connectivity index (χ3n) is 2.29. The summed E-state index contributed by atoms with van der Waals surface area (Å²) in [6.45, 7) is 2.09. The van der Waals surface area contributed by atoms with E-state index in [0.29, 0.717) is 13.0 Å². The van der Waals surface area contributed by atoms with Crippen LogP contribution in [-0.2, 0) is 0 Å². The maximum Gasteiger partial charge on any atom is 0.336 e. The monoisotopic (exact) mass is 269 g/mol. The Hall–Kier alpha value is -2.71. The molecule has 1 rings (SSSR count). The molecule has 0 aliphatic rings. The van der Waals surface area contributed by atoms with Gasteiger partial charge in [0, 0.05) is 18.7 Å². The number of rotatable bonds is 6. The van der Waals surface area contributed by atoms with Gasteiger partial charge in [-0.05, 0) is 6.42 Å². The SMILES string of the molecule is CCCNc1c([N+](=O)[O-])cc(C(=O)O)cc1[N+](=O)[O-]. The molecule has 0 bridgehead atoms. The smallest absolute Gasteiger partial charge is 0.336 e. The van der Waals surface area contributed by atoms with Crippen molar-refractivity contribution in [2.75, 3.05) is 11.9 Å². The van der Waals surface area contributed by atoms with Gasteiger partial charge in [0.1, 0.15) is 0 Å². The van der Waals surface area contributed by atoms with Gasteiger partial charge in [0.05, 0.1) is 15.4 Å². The molecule has 0 aromatic heterocycles. The number of carboxylic acid groups (broad SMARTS) is 1. The summed E-state index contributed by atoms with van der Waals surface area (Å²) in [5, 5.41) is 33.2. The van der Waals surface area contributed by atoms with Crippen LogP contribution in [0.1, 0.15) is 23.7 Å². The molecule has 0 atom stereocenters. The Morgan fingerprint density at radius 3 is 2.05 bits per heavy atom. The Kier molecular flexibility index (Phi) is 4.35. The van der Waals surface area contributed by atoms with Gasteiger partial charge in [0.15, 0.2) is 5.69 Å². The average Bonchev–Trinajstić information content (AvgIpc) is 2.34. The highest BCUT2D eigenvalue weighted by molar-refractivity contribution is 5.92. The molecular weight excluding hydrogens is 258 g/mol. The van der Waals surface area contributed by atoms with E-state index in [0.717, 1.165) is 12.1 Å². The predicted octanol–water partition coefficient (Wildman–Crippen LogP) is 2.02. The second-order valence-electron chi connectivity index (χ2n) is 3.64. The normalized spacial score (nSPS) is 9.95. The molecule has 102 valence electrons. The fourth-order valence-corrected chi connectivity index (χ4v) is 1.45. The molecule has 19 heavy (non-hydrogen) atoms. The summed E-state index contributed by atoms with van der Waals surface area (Å²) in [6, 6.07) is 1.60. The van der Waals surface area contributed by atoms with Gasteiger partial charge in [-0.3, -0.25) is 20.2 Å². The lowest BCUT2D eigenvalue weighted by Gasteiger charge is -2.07. The van der Waals surface area contributed by atoms with Crippen LogP contribution in [0.2, 0.25) is 0 Å². The van der Waals surface area contributed by atoms with Crippen LogP contribution in [-0.4, -0.2) is 27.5 Å². The summed E-state index contributed by atoms with van der Waals surface area (Å²) >= 11 is 0. The van der Waals surface area contributed by atoms with Crippen LogP contribution in [0.15, 0.2) is 12.1 Å². The molecule has 0 spiro atoms. The first kappa shape index (κ1) is 14.4. The minimum atomic E-state index is -1.46. The molecule has 0 saturated carbocycles. The largest absolute Gasteiger partial charge is 0.478 e. The van der Waals surface area contributed by atoms with Crippen LogP contribution in [0.3, 0.4) is 0 Å². The van der Waals surface area contributed by atoms with Crippen molar-refractivity contribution in [1.29, 1.82) is 0 Å². The fraction of sp³-hybridized carbons (Fsp3) is 0.300. The van der Waals surface area contributed by atoms with Gasteiger partial charge in [0.2, 0.25) is 0 Å². The van der Waals surface area contributed by atoms with E-state index < -0.39 is 32.8 Å². The predicted molar refractivity (Wildman–Crippen MR) is 65.5 cm³/mol. The van der Waals surface area contributed by atoms with Crippen LogP contribution in [0, 0.1) is 20.2 Å². The number of anilines is 1. The maximum atomic E-state index is 10.9. The van der Waals surface area contributed by atoms with E-state index in [9.17, 15) is 25.0 Å². The first-order chi connectivity index (χ1) is 8.88. The Bertz CT molecular complexity index is 507. The number of hydrogen-bond donors (Lipinski definition) is 2. The van der Waals surface area contributed by atoms with Crippen LogP contribution in [0.4, 0.5) is 17.1 Å². The molecule has 0 radical (unpaired) electrons. The number of carboxylic acids is 1. The molecule has 0 amide bonds. The molecular formula is C10H11N3O6. The Morgan fingerprint density at radius 2 is 1.74 bits per heavy atom. The van der Waals surface area contributed by atoms with Crippen molar-refractivity contribution in [2.24, 2.45) is 0 Å². The highest BCUT2D eigenvalue weighted by atomic mass is 16.6. The number of aromatic carboxylic acids is 1. The molecule has 2 N–H and O–H groups in total. The molecule has 0 fully saturated rings. The molecule has 0 unspecified atom stereocenters. The summed E-state index contributed by atoms with van der Waals surface area (Å²) in [5.74, 6) is -1.46. The molecule has 0 heterocycles. The molecule has 0 aliphatic carbocycles. The van der Waals surface area contributed by atoms with Crippen molar-refractivity contribution in [3.05, 3.63) is 37.9 Å². The van der Waals surface area contributed by atoms with Gasteiger partial charge in [-0.1, -0.05) is 6.92 Å². The van der Waals surface area contributed by atoms with Crippen molar-refractivity contribution < 1.29 is 19.7 Å². The lowest BCUT2D eigenvalue weighted by Crippen LogP contribution is -2.08. The highest BCUT2D eigenvalue weighted by Crippen LogP contribution is 2.35. The molecule has 1 aromatic carbocycles. The van der Waals surface area contributed by atoms with Crippen LogP contribution in [0.5, 0.6) is 0 Å². The second-order valence-corrected chi connectivity index (χ2v) is 3.64. The fourth-order valence-electron chi connectivity index (χ4n) is 1.45. The van der Waals surface area contributed by atoms with Gasteiger partial charge in [-0.2, -0.15) is 0 Å². The molecule has 9 heteroatoms. The van der Waals surface area contributed by atoms with Crippen molar-refractivity contribution in [3.8, 4) is 0 Å². The van der Waals surface area contributed by atoms with Gasteiger partial charge >= 0.3 is 5.97 Å². The topological polar surface area (TPSA) is 136 Å². The molecule has 9 nitrogen and oxygen atoms in total. The summed E-state index contributed by atoms with van der Waals surface area (Å²) in [5.41, 5.74) is -2.03. The summed E-state index contributed by atoms with van der Waals surface area (Å²) < 4.78 is 0. The third-order valence-corrected chi connectivity index (χ3v) is 2.29. The van der Waals surface area contributed by atoms with Gasteiger partial charge < -0.3 is 10.4 Å². The summed E-state index contributed by atoms with van der Waals surface area (Å²) in [7, 11) is 0. The minimum absolute atomic E-state index is 0.276. The van der Waals surface area contributed by atoms with E-state index >= 15 is 0 Å². The van der Waals surface area contributed by atoms with E-state index in [1.165, 1.54) is 0 Å². The van der Waals surface area contributed by atoms with Crippen LogP contribution >= 0.6 is 0 Å². The number of nitro benzene ring substituents is 2. The lowest BCUT2D eigenvalue weighted by atomic mass is 10.1. The molecule has 1 aromatic rings. The Balaban J connectivity index is 3.50. The second kappa shape index (κ2) is 5.76. The van der Waals surface area contributed by atoms with Crippen LogP contribution in [0.25, 0.3) is 0 Å². The van der Waals surface area contributed by atoms with E-state index in [1.807, 2.05) is 0 Å². The quantitative estimate of drug-likeness (QED) is 0.595. The lowest BCUT2D eigenvalue weighted by molar-refractivity contribution is -0.392. The summed E-state index contributed by atoms with van der Waals surface area (Å²) in [4.78, 5) is 30.9. The standard InChI is InChI=1S/C10H11N3O6/c1-2-3-11-9-7(12(16)17)4-6(10(14)15)5-8(9)13(18)19/h4-5,11H,2-3H2,1H3,(H,14,15). The highest BCUT2D eigenvalue weighted by Gasteiger charge is 2.28. The number of nitrogens with one attached hydrogen (secondary N) is 1. The van der Waals surface area contributed by atoms with Crippen molar-refractivity contribution in [2.45, 2.75) is 13.3 Å². The zero-order valence-corrected chi connectivity index (χ0v) is 9.95. The van der Waals surface area contributed by atoms with E-state index in [4.69, 9.17) is 5.11 Å². The van der Waals surface area contributed by atoms with Crippen molar-refractivity contribution in [1.82, 2.24) is 0 Å². The maximum absolute atomic E-state index is 10.9. The number of carbonyl (C=O) groups is 1. The number of nitrogens with zero attached hydrogens (tertiary/aromatic N) is 2. The molecule has 0 aliphatic heterocycles. The zero-order valence-electron chi connectivity index (χ0n) is 9.95. The minimum Gasteiger partial charge on any atom is -0.478 e. The van der Waals surface area contributed by atoms with Crippen molar-refractivity contribution >= 4 is 23.0 Å². The Morgan fingerprint density at radius 1 is 1.26 bits per heavy atom.